The predicted molar refractivity (Wildman–Crippen MR) is 63.7 cm³/mol. The molecule has 0 saturated carbocycles. The van der Waals surface area contributed by atoms with Crippen molar-refractivity contribution in [3.8, 4) is 11.1 Å². The van der Waals surface area contributed by atoms with Gasteiger partial charge in [-0.3, -0.25) is 0 Å². The molecule has 1 aromatic carbocycles. The molecule has 2 rings (SSSR count). The van der Waals surface area contributed by atoms with Gasteiger partial charge in [0.25, 0.3) is 0 Å². The topological polar surface area (TPSA) is 12.9 Å². The SMILES string of the molecule is CC(C)c1ccc(-c2ccnc(F)c2)cc1. The summed E-state index contributed by atoms with van der Waals surface area (Å²) < 4.78 is 12.9. The van der Waals surface area contributed by atoms with Crippen molar-refractivity contribution < 1.29 is 4.39 Å². The van der Waals surface area contributed by atoms with Gasteiger partial charge < -0.3 is 0 Å². The lowest BCUT2D eigenvalue weighted by Crippen LogP contribution is -1.87. The van der Waals surface area contributed by atoms with Crippen molar-refractivity contribution in [2.24, 2.45) is 0 Å². The largest absolute Gasteiger partial charge is 0.228 e. The number of benzene rings is 1. The summed E-state index contributed by atoms with van der Waals surface area (Å²) in [6, 6.07) is 11.5. The molecule has 0 bridgehead atoms. The average Bonchev–Trinajstić information content (AvgIpc) is 2.29. The Morgan fingerprint density at radius 1 is 1.00 bits per heavy atom. The fourth-order valence-electron chi connectivity index (χ4n) is 1.64. The van der Waals surface area contributed by atoms with Crippen LogP contribution < -0.4 is 0 Å². The minimum atomic E-state index is -0.439. The second-order valence-electron chi connectivity index (χ2n) is 4.14. The Morgan fingerprint density at radius 2 is 1.69 bits per heavy atom. The zero-order valence-corrected chi connectivity index (χ0v) is 9.44. The van der Waals surface area contributed by atoms with Crippen molar-refractivity contribution in [2.45, 2.75) is 19.8 Å². The van der Waals surface area contributed by atoms with Crippen LogP contribution >= 0.6 is 0 Å². The first-order valence-corrected chi connectivity index (χ1v) is 5.38. The molecule has 0 atom stereocenters. The van der Waals surface area contributed by atoms with Crippen molar-refractivity contribution >= 4 is 0 Å². The normalized spacial score (nSPS) is 10.8. The first kappa shape index (κ1) is 10.8. The third kappa shape index (κ3) is 2.27. The van der Waals surface area contributed by atoms with E-state index in [4.69, 9.17) is 0 Å². The maximum absolute atomic E-state index is 12.9. The third-order valence-corrected chi connectivity index (χ3v) is 2.64. The molecule has 16 heavy (non-hydrogen) atoms. The number of aromatic nitrogens is 1. The summed E-state index contributed by atoms with van der Waals surface area (Å²) in [4.78, 5) is 3.54. The molecular formula is C14H14FN. The molecule has 0 spiro atoms. The molecule has 82 valence electrons. The number of nitrogens with zero attached hydrogens (tertiary/aromatic N) is 1. The van der Waals surface area contributed by atoms with Crippen LogP contribution in [0.5, 0.6) is 0 Å². The number of rotatable bonds is 2. The molecule has 0 aliphatic carbocycles. The van der Waals surface area contributed by atoms with Gasteiger partial charge in [-0.1, -0.05) is 38.1 Å². The Kier molecular flexibility index (Phi) is 3.00. The zero-order valence-electron chi connectivity index (χ0n) is 9.44. The van der Waals surface area contributed by atoms with Gasteiger partial charge in [0, 0.05) is 12.3 Å². The van der Waals surface area contributed by atoms with Gasteiger partial charge in [0.2, 0.25) is 5.95 Å². The van der Waals surface area contributed by atoms with E-state index in [0.29, 0.717) is 5.92 Å². The minimum absolute atomic E-state index is 0.439. The summed E-state index contributed by atoms with van der Waals surface area (Å²) in [5, 5.41) is 0. The molecule has 0 aliphatic heterocycles. The highest BCUT2D eigenvalue weighted by Gasteiger charge is 2.02. The van der Waals surface area contributed by atoms with Crippen LogP contribution in [0.3, 0.4) is 0 Å². The van der Waals surface area contributed by atoms with E-state index in [9.17, 15) is 4.39 Å². The Labute approximate surface area is 95.0 Å². The van der Waals surface area contributed by atoms with Gasteiger partial charge in [0.15, 0.2) is 0 Å². The summed E-state index contributed by atoms with van der Waals surface area (Å²) in [5.41, 5.74) is 3.17. The van der Waals surface area contributed by atoms with Crippen molar-refractivity contribution in [1.29, 1.82) is 0 Å². The fourth-order valence-corrected chi connectivity index (χ4v) is 1.64. The second kappa shape index (κ2) is 4.44. The van der Waals surface area contributed by atoms with E-state index in [-0.39, 0.29) is 0 Å². The van der Waals surface area contributed by atoms with Crippen molar-refractivity contribution in [3.63, 3.8) is 0 Å². The Morgan fingerprint density at radius 3 is 2.25 bits per heavy atom. The van der Waals surface area contributed by atoms with Gasteiger partial charge in [0.1, 0.15) is 0 Å². The number of halogens is 1. The second-order valence-corrected chi connectivity index (χ2v) is 4.14. The van der Waals surface area contributed by atoms with Gasteiger partial charge >= 0.3 is 0 Å². The van der Waals surface area contributed by atoms with Crippen LogP contribution in [0.4, 0.5) is 4.39 Å². The van der Waals surface area contributed by atoms with Crippen molar-refractivity contribution in [1.82, 2.24) is 4.98 Å². The zero-order chi connectivity index (χ0) is 11.5. The van der Waals surface area contributed by atoms with Crippen LogP contribution in [0, 0.1) is 5.95 Å². The number of pyridine rings is 1. The predicted octanol–water partition coefficient (Wildman–Crippen LogP) is 4.01. The van der Waals surface area contributed by atoms with E-state index in [0.717, 1.165) is 11.1 Å². The summed E-state index contributed by atoms with van der Waals surface area (Å²) >= 11 is 0. The highest BCUT2D eigenvalue weighted by Crippen LogP contribution is 2.22. The summed E-state index contributed by atoms with van der Waals surface area (Å²) in [6.07, 6.45) is 1.49. The van der Waals surface area contributed by atoms with E-state index in [1.807, 2.05) is 18.2 Å². The number of hydrogen-bond donors (Lipinski definition) is 0. The van der Waals surface area contributed by atoms with Crippen molar-refractivity contribution in [2.75, 3.05) is 0 Å². The molecule has 0 saturated heterocycles. The molecule has 1 nitrogen and oxygen atoms in total. The first-order chi connectivity index (χ1) is 7.66. The van der Waals surface area contributed by atoms with Gasteiger partial charge in [-0.15, -0.1) is 0 Å². The van der Waals surface area contributed by atoms with E-state index in [1.54, 1.807) is 0 Å². The maximum Gasteiger partial charge on any atom is 0.213 e. The Balaban J connectivity index is 2.35. The maximum atomic E-state index is 12.9. The van der Waals surface area contributed by atoms with Crippen LogP contribution in [0.25, 0.3) is 11.1 Å². The highest BCUT2D eigenvalue weighted by molar-refractivity contribution is 5.63. The average molecular weight is 215 g/mol. The van der Waals surface area contributed by atoms with Gasteiger partial charge in [-0.25, -0.2) is 4.98 Å². The molecule has 0 radical (unpaired) electrons. The Hall–Kier alpha value is -1.70. The Bertz CT molecular complexity index is 474. The van der Waals surface area contributed by atoms with Crippen LogP contribution in [-0.2, 0) is 0 Å². The fraction of sp³-hybridized carbons (Fsp3) is 0.214. The van der Waals surface area contributed by atoms with Crippen LogP contribution in [-0.4, -0.2) is 4.98 Å². The van der Waals surface area contributed by atoms with Crippen molar-refractivity contribution in [3.05, 3.63) is 54.1 Å². The lowest BCUT2D eigenvalue weighted by molar-refractivity contribution is 0.584. The standard InChI is InChI=1S/C14H14FN/c1-10(2)11-3-5-12(6-4-11)13-7-8-16-14(15)9-13/h3-10H,1-2H3. The summed E-state index contributed by atoms with van der Waals surface area (Å²) in [6.45, 7) is 4.31. The monoisotopic (exact) mass is 215 g/mol. The van der Waals surface area contributed by atoms with Gasteiger partial charge in [0.05, 0.1) is 0 Å². The molecule has 1 aromatic heterocycles. The number of hydrogen-bond acceptors (Lipinski definition) is 1. The van der Waals surface area contributed by atoms with Gasteiger partial charge in [-0.05, 0) is 28.7 Å². The van der Waals surface area contributed by atoms with Crippen LogP contribution in [0.1, 0.15) is 25.3 Å². The smallest absolute Gasteiger partial charge is 0.213 e. The highest BCUT2D eigenvalue weighted by atomic mass is 19.1. The molecule has 0 aliphatic rings. The lowest BCUT2D eigenvalue weighted by Gasteiger charge is -2.06. The molecule has 0 N–H and O–H groups in total. The quantitative estimate of drug-likeness (QED) is 0.690. The van der Waals surface area contributed by atoms with E-state index >= 15 is 0 Å². The van der Waals surface area contributed by atoms with E-state index < -0.39 is 5.95 Å². The molecule has 2 aromatic rings. The lowest BCUT2D eigenvalue weighted by atomic mass is 9.99. The van der Waals surface area contributed by atoms with E-state index in [1.165, 1.54) is 17.8 Å². The molecule has 2 heteroatoms. The molecule has 0 fully saturated rings. The molecule has 1 heterocycles. The summed E-state index contributed by atoms with van der Waals surface area (Å²) in [7, 11) is 0. The third-order valence-electron chi connectivity index (χ3n) is 2.64. The molecule has 0 amide bonds. The first-order valence-electron chi connectivity index (χ1n) is 5.38. The summed E-state index contributed by atoms with van der Waals surface area (Å²) in [5.74, 6) is 0.0775. The van der Waals surface area contributed by atoms with Crippen LogP contribution in [0.15, 0.2) is 42.6 Å². The minimum Gasteiger partial charge on any atom is -0.228 e. The molecule has 0 unspecified atom stereocenters. The van der Waals surface area contributed by atoms with Gasteiger partial charge in [-0.2, -0.15) is 4.39 Å². The van der Waals surface area contributed by atoms with E-state index in [2.05, 4.69) is 31.0 Å². The molecular weight excluding hydrogens is 201 g/mol. The van der Waals surface area contributed by atoms with Crippen LogP contribution in [0.2, 0.25) is 0 Å².